The van der Waals surface area contributed by atoms with Crippen molar-refractivity contribution in [2.75, 3.05) is 26.3 Å². The van der Waals surface area contributed by atoms with Crippen LogP contribution in [0.2, 0.25) is 0 Å². The van der Waals surface area contributed by atoms with E-state index in [1.54, 1.807) is 4.90 Å². The van der Waals surface area contributed by atoms with Gasteiger partial charge in [-0.1, -0.05) is 32.6 Å². The number of aliphatic hydroxyl groups is 1. The molecule has 0 atom stereocenters. The average molecular weight is 302 g/mol. The smallest absolute Gasteiger partial charge is 0.404 e. The van der Waals surface area contributed by atoms with Gasteiger partial charge in [0, 0.05) is 26.1 Å². The van der Waals surface area contributed by atoms with Gasteiger partial charge in [0.2, 0.25) is 5.91 Å². The maximum Gasteiger partial charge on any atom is 0.404 e. The molecule has 2 amide bonds. The van der Waals surface area contributed by atoms with Crippen molar-refractivity contribution in [3.05, 3.63) is 0 Å². The number of rotatable bonds is 13. The summed E-state index contributed by atoms with van der Waals surface area (Å²) >= 11 is 0. The van der Waals surface area contributed by atoms with E-state index < -0.39 is 6.09 Å². The number of nitrogens with zero attached hydrogens (tertiary/aromatic N) is 1. The van der Waals surface area contributed by atoms with Crippen LogP contribution < -0.4 is 5.73 Å². The summed E-state index contributed by atoms with van der Waals surface area (Å²) in [5, 5.41) is 8.89. The fourth-order valence-electron chi connectivity index (χ4n) is 2.09. The second-order valence-electron chi connectivity index (χ2n) is 5.14. The van der Waals surface area contributed by atoms with Crippen molar-refractivity contribution in [1.82, 2.24) is 4.90 Å². The number of nitrogens with two attached hydrogens (primary N) is 1. The Bertz CT molecular complexity index is 285. The Labute approximate surface area is 127 Å². The highest BCUT2D eigenvalue weighted by molar-refractivity contribution is 5.76. The minimum absolute atomic E-state index is 0.0675. The Kier molecular flexibility index (Phi) is 12.8. The molecule has 0 aliphatic carbocycles. The summed E-state index contributed by atoms with van der Waals surface area (Å²) in [6.07, 6.45) is 6.46. The number of unbranched alkanes of at least 4 members (excludes halogenated alkanes) is 4. The lowest BCUT2D eigenvalue weighted by Crippen LogP contribution is -2.34. The van der Waals surface area contributed by atoms with Crippen molar-refractivity contribution in [2.45, 2.75) is 58.3 Å². The SMILES string of the molecule is CCCCCCCC(=O)N(CCCO)CCCOC(N)=O. The van der Waals surface area contributed by atoms with Gasteiger partial charge >= 0.3 is 6.09 Å². The molecular formula is C15H30N2O4. The van der Waals surface area contributed by atoms with Crippen molar-refractivity contribution in [3.8, 4) is 0 Å². The third kappa shape index (κ3) is 12.2. The summed E-state index contributed by atoms with van der Waals surface area (Å²) in [5.41, 5.74) is 4.88. The average Bonchev–Trinajstić information content (AvgIpc) is 2.45. The van der Waals surface area contributed by atoms with Crippen LogP contribution >= 0.6 is 0 Å². The highest BCUT2D eigenvalue weighted by Crippen LogP contribution is 2.08. The molecule has 0 saturated carbocycles. The van der Waals surface area contributed by atoms with E-state index in [1.807, 2.05) is 0 Å². The third-order valence-corrected chi connectivity index (χ3v) is 3.25. The molecule has 0 unspecified atom stereocenters. The first-order chi connectivity index (χ1) is 10.1. The van der Waals surface area contributed by atoms with E-state index in [9.17, 15) is 9.59 Å². The molecule has 0 aromatic heterocycles. The molecule has 0 fully saturated rings. The second-order valence-corrected chi connectivity index (χ2v) is 5.14. The predicted octanol–water partition coefficient (Wildman–Crippen LogP) is 2.04. The monoisotopic (exact) mass is 302 g/mol. The molecular weight excluding hydrogens is 272 g/mol. The molecule has 124 valence electrons. The van der Waals surface area contributed by atoms with Crippen LogP contribution in [0.25, 0.3) is 0 Å². The van der Waals surface area contributed by atoms with Crippen LogP contribution in [0.1, 0.15) is 58.3 Å². The molecule has 0 aromatic carbocycles. The standard InChI is InChI=1S/C15H30N2O4/c1-2-3-4-5-6-9-14(19)17(10-7-12-18)11-8-13-21-15(16)20/h18H,2-13H2,1H3,(H2,16,20). The van der Waals surface area contributed by atoms with Crippen LogP contribution in [-0.2, 0) is 9.53 Å². The molecule has 21 heavy (non-hydrogen) atoms. The quantitative estimate of drug-likeness (QED) is 0.509. The van der Waals surface area contributed by atoms with Crippen LogP contribution in [0.15, 0.2) is 0 Å². The van der Waals surface area contributed by atoms with Crippen LogP contribution in [0, 0.1) is 0 Å². The number of ether oxygens (including phenoxy) is 1. The summed E-state index contributed by atoms with van der Waals surface area (Å²) in [4.78, 5) is 24.3. The number of aliphatic hydroxyl groups excluding tert-OH is 1. The first-order valence-corrected chi connectivity index (χ1v) is 7.92. The summed E-state index contributed by atoms with van der Waals surface area (Å²) < 4.78 is 4.65. The molecule has 0 rings (SSSR count). The van der Waals surface area contributed by atoms with Crippen LogP contribution in [0.4, 0.5) is 4.79 Å². The van der Waals surface area contributed by atoms with E-state index in [2.05, 4.69) is 11.7 Å². The summed E-state index contributed by atoms with van der Waals surface area (Å²) in [6, 6.07) is 0. The Hall–Kier alpha value is -1.30. The minimum atomic E-state index is -0.792. The van der Waals surface area contributed by atoms with E-state index in [0.29, 0.717) is 32.4 Å². The van der Waals surface area contributed by atoms with Crippen molar-refractivity contribution in [1.29, 1.82) is 0 Å². The Morgan fingerprint density at radius 2 is 1.71 bits per heavy atom. The van der Waals surface area contributed by atoms with Gasteiger partial charge in [-0.2, -0.15) is 0 Å². The molecule has 0 saturated heterocycles. The molecule has 6 heteroatoms. The predicted molar refractivity (Wildman–Crippen MR) is 81.8 cm³/mol. The lowest BCUT2D eigenvalue weighted by molar-refractivity contribution is -0.131. The van der Waals surface area contributed by atoms with E-state index in [4.69, 9.17) is 10.8 Å². The third-order valence-electron chi connectivity index (χ3n) is 3.25. The summed E-state index contributed by atoms with van der Waals surface area (Å²) in [5.74, 6) is 0.110. The molecule has 6 nitrogen and oxygen atoms in total. The van der Waals surface area contributed by atoms with Crippen molar-refractivity contribution in [3.63, 3.8) is 0 Å². The maximum absolute atomic E-state index is 12.1. The minimum Gasteiger partial charge on any atom is -0.450 e. The van der Waals surface area contributed by atoms with Crippen LogP contribution in [0.3, 0.4) is 0 Å². The maximum atomic E-state index is 12.1. The summed E-state index contributed by atoms with van der Waals surface area (Å²) in [7, 11) is 0. The Morgan fingerprint density at radius 3 is 2.33 bits per heavy atom. The first-order valence-electron chi connectivity index (χ1n) is 7.92. The van der Waals surface area contributed by atoms with E-state index in [0.717, 1.165) is 12.8 Å². The number of amides is 2. The number of hydrogen-bond donors (Lipinski definition) is 2. The Balaban J connectivity index is 3.95. The lowest BCUT2D eigenvalue weighted by Gasteiger charge is -2.22. The Morgan fingerprint density at radius 1 is 1.05 bits per heavy atom. The van der Waals surface area contributed by atoms with Crippen molar-refractivity contribution in [2.24, 2.45) is 5.73 Å². The lowest BCUT2D eigenvalue weighted by atomic mass is 10.1. The number of primary amides is 1. The van der Waals surface area contributed by atoms with Gasteiger partial charge < -0.3 is 20.5 Å². The van der Waals surface area contributed by atoms with Gasteiger partial charge in [-0.25, -0.2) is 4.79 Å². The normalized spacial score (nSPS) is 10.4. The molecule has 3 N–H and O–H groups in total. The summed E-state index contributed by atoms with van der Waals surface area (Å²) in [6.45, 7) is 3.52. The molecule has 0 spiro atoms. The van der Waals surface area contributed by atoms with E-state index in [-0.39, 0.29) is 19.1 Å². The topological polar surface area (TPSA) is 92.9 Å². The van der Waals surface area contributed by atoms with Crippen LogP contribution in [-0.4, -0.2) is 48.3 Å². The van der Waals surface area contributed by atoms with Gasteiger partial charge in [-0.05, 0) is 19.3 Å². The van der Waals surface area contributed by atoms with Crippen LogP contribution in [0.5, 0.6) is 0 Å². The van der Waals surface area contributed by atoms with Gasteiger partial charge in [0.15, 0.2) is 0 Å². The molecule has 0 aliphatic rings. The number of carbonyl (C=O) groups is 2. The van der Waals surface area contributed by atoms with E-state index in [1.165, 1.54) is 19.3 Å². The highest BCUT2D eigenvalue weighted by atomic mass is 16.5. The fraction of sp³-hybridized carbons (Fsp3) is 0.867. The molecule has 0 bridgehead atoms. The van der Waals surface area contributed by atoms with Gasteiger partial charge in [-0.15, -0.1) is 0 Å². The molecule has 0 aromatic rings. The zero-order valence-corrected chi connectivity index (χ0v) is 13.2. The largest absolute Gasteiger partial charge is 0.450 e. The van der Waals surface area contributed by atoms with Gasteiger partial charge in [0.05, 0.1) is 6.61 Å². The van der Waals surface area contributed by atoms with Crippen molar-refractivity contribution < 1.29 is 19.4 Å². The molecule has 0 radical (unpaired) electrons. The molecule has 0 aliphatic heterocycles. The second kappa shape index (κ2) is 13.7. The first kappa shape index (κ1) is 19.7. The zero-order valence-electron chi connectivity index (χ0n) is 13.2. The van der Waals surface area contributed by atoms with Gasteiger partial charge in [0.25, 0.3) is 0 Å². The highest BCUT2D eigenvalue weighted by Gasteiger charge is 2.12. The number of hydrogen-bond acceptors (Lipinski definition) is 4. The van der Waals surface area contributed by atoms with Gasteiger partial charge in [-0.3, -0.25) is 4.79 Å². The van der Waals surface area contributed by atoms with E-state index >= 15 is 0 Å². The zero-order chi connectivity index (χ0) is 15.9. The molecule has 0 heterocycles. The van der Waals surface area contributed by atoms with Gasteiger partial charge in [0.1, 0.15) is 0 Å². The fourth-order valence-corrected chi connectivity index (χ4v) is 2.09. The number of carbonyl (C=O) groups excluding carboxylic acids is 2. The van der Waals surface area contributed by atoms with Crippen molar-refractivity contribution >= 4 is 12.0 Å².